The van der Waals surface area contributed by atoms with Gasteiger partial charge in [0.15, 0.2) is 0 Å². The second-order valence-corrected chi connectivity index (χ2v) is 3.77. The van der Waals surface area contributed by atoms with Crippen LogP contribution in [0.3, 0.4) is 0 Å². The number of benzene rings is 2. The molecule has 0 radical (unpaired) electrons. The van der Waals surface area contributed by atoms with Gasteiger partial charge in [0.25, 0.3) is 0 Å². The fraction of sp³-hybridized carbons (Fsp3) is 0.0909. The van der Waals surface area contributed by atoms with E-state index in [1.54, 1.807) is 7.11 Å². The van der Waals surface area contributed by atoms with Crippen LogP contribution in [0.15, 0.2) is 40.9 Å². The molecule has 66 valence electrons. The molecule has 0 aliphatic rings. The zero-order chi connectivity index (χ0) is 9.26. The summed E-state index contributed by atoms with van der Waals surface area (Å²) < 4.78 is 6.24. The molecule has 2 rings (SSSR count). The van der Waals surface area contributed by atoms with Gasteiger partial charge in [0.05, 0.1) is 7.11 Å². The van der Waals surface area contributed by atoms with E-state index in [0.29, 0.717) is 0 Å². The molecule has 1 nitrogen and oxygen atoms in total. The molecule has 0 aromatic heterocycles. The molecule has 0 saturated heterocycles. The summed E-state index contributed by atoms with van der Waals surface area (Å²) in [4.78, 5) is 0. The Morgan fingerprint density at radius 3 is 2.36 bits per heavy atom. The van der Waals surface area contributed by atoms with Gasteiger partial charge >= 0.3 is 23.1 Å². The number of hydrogen-bond donors (Lipinski definition) is 0. The van der Waals surface area contributed by atoms with Crippen LogP contribution >= 0.6 is 15.9 Å². The van der Waals surface area contributed by atoms with Crippen LogP contribution in [-0.2, 0) is 0 Å². The average Bonchev–Trinajstić information content (AvgIpc) is 2.17. The van der Waals surface area contributed by atoms with Crippen molar-refractivity contribution in [2.45, 2.75) is 0 Å². The fourth-order valence-corrected chi connectivity index (χ4v) is 1.70. The van der Waals surface area contributed by atoms with Crippen molar-refractivity contribution in [3.8, 4) is 5.75 Å². The Labute approximate surface area is 108 Å². The predicted octanol–water partition coefficient (Wildman–Crippen LogP) is 3.23. The molecule has 0 N–H and O–H groups in total. The van der Waals surface area contributed by atoms with Crippen LogP contribution < -0.4 is 4.74 Å². The van der Waals surface area contributed by atoms with Gasteiger partial charge in [0.2, 0.25) is 0 Å². The minimum atomic E-state index is 0. The molecular formula is C11H9BrMgO+2. The van der Waals surface area contributed by atoms with Crippen molar-refractivity contribution >= 4 is 49.8 Å². The summed E-state index contributed by atoms with van der Waals surface area (Å²) in [6.45, 7) is 0. The van der Waals surface area contributed by atoms with Gasteiger partial charge in [0, 0.05) is 4.47 Å². The molecule has 0 amide bonds. The quantitative estimate of drug-likeness (QED) is 0.716. The largest absolute Gasteiger partial charge is 2.00 e. The van der Waals surface area contributed by atoms with Gasteiger partial charge in [-0.25, -0.2) is 0 Å². The average molecular weight is 261 g/mol. The minimum Gasteiger partial charge on any atom is -0.497 e. The van der Waals surface area contributed by atoms with Crippen LogP contribution in [0.4, 0.5) is 0 Å². The molecule has 0 aliphatic carbocycles. The summed E-state index contributed by atoms with van der Waals surface area (Å²) in [6, 6.07) is 12.2. The standard InChI is InChI=1S/C11H9BrO.Mg/c1-13-11-5-3-8-6-10(12)4-2-9(8)7-11;/h2-7H,1H3;/q;+2. The normalized spacial score (nSPS) is 9.57. The van der Waals surface area contributed by atoms with E-state index in [-0.39, 0.29) is 23.1 Å². The summed E-state index contributed by atoms with van der Waals surface area (Å²) in [5, 5.41) is 2.41. The van der Waals surface area contributed by atoms with E-state index in [9.17, 15) is 0 Å². The summed E-state index contributed by atoms with van der Waals surface area (Å²) in [7, 11) is 1.68. The maximum atomic E-state index is 5.14. The van der Waals surface area contributed by atoms with E-state index >= 15 is 0 Å². The Morgan fingerprint density at radius 1 is 1.00 bits per heavy atom. The van der Waals surface area contributed by atoms with Crippen molar-refractivity contribution in [2.75, 3.05) is 7.11 Å². The molecule has 0 atom stereocenters. The third-order valence-electron chi connectivity index (χ3n) is 2.01. The molecule has 14 heavy (non-hydrogen) atoms. The van der Waals surface area contributed by atoms with E-state index in [1.165, 1.54) is 10.8 Å². The SMILES string of the molecule is COc1ccc2cc(Br)ccc2c1.[Mg+2]. The van der Waals surface area contributed by atoms with Gasteiger partial charge < -0.3 is 4.74 Å². The Bertz CT molecular complexity index is 442. The van der Waals surface area contributed by atoms with Gasteiger partial charge in [-0.05, 0) is 35.0 Å². The van der Waals surface area contributed by atoms with Crippen LogP contribution in [0.1, 0.15) is 0 Å². The number of rotatable bonds is 1. The van der Waals surface area contributed by atoms with Gasteiger partial charge in [-0.1, -0.05) is 28.1 Å². The van der Waals surface area contributed by atoms with Crippen molar-refractivity contribution in [1.82, 2.24) is 0 Å². The summed E-state index contributed by atoms with van der Waals surface area (Å²) >= 11 is 3.44. The van der Waals surface area contributed by atoms with Gasteiger partial charge in [0.1, 0.15) is 5.75 Å². The smallest absolute Gasteiger partial charge is 0.497 e. The van der Waals surface area contributed by atoms with Crippen LogP contribution in [0.5, 0.6) is 5.75 Å². The predicted molar refractivity (Wildman–Crippen MR) is 64.0 cm³/mol. The zero-order valence-corrected chi connectivity index (χ0v) is 11.0. The zero-order valence-electron chi connectivity index (χ0n) is 7.96. The molecule has 0 fully saturated rings. The van der Waals surface area contributed by atoms with Crippen molar-refractivity contribution in [3.05, 3.63) is 40.9 Å². The monoisotopic (exact) mass is 260 g/mol. The molecule has 3 heteroatoms. The molecule has 0 heterocycles. The number of ether oxygens (including phenoxy) is 1. The Balaban J connectivity index is 0.000000980. The van der Waals surface area contributed by atoms with Crippen LogP contribution in [-0.4, -0.2) is 30.2 Å². The molecule has 0 bridgehead atoms. The van der Waals surface area contributed by atoms with Crippen LogP contribution in [0.2, 0.25) is 0 Å². The van der Waals surface area contributed by atoms with Crippen molar-refractivity contribution in [3.63, 3.8) is 0 Å². The maximum Gasteiger partial charge on any atom is 2.00 e. The van der Waals surface area contributed by atoms with E-state index < -0.39 is 0 Å². The second kappa shape index (κ2) is 5.00. The first kappa shape index (κ1) is 11.8. The van der Waals surface area contributed by atoms with Gasteiger partial charge in [-0.15, -0.1) is 0 Å². The third-order valence-corrected chi connectivity index (χ3v) is 2.50. The Kier molecular flexibility index (Phi) is 4.22. The molecule has 0 unspecified atom stereocenters. The third kappa shape index (κ3) is 2.41. The first-order chi connectivity index (χ1) is 6.29. The van der Waals surface area contributed by atoms with Crippen molar-refractivity contribution in [2.24, 2.45) is 0 Å². The topological polar surface area (TPSA) is 9.23 Å². The Morgan fingerprint density at radius 2 is 1.64 bits per heavy atom. The van der Waals surface area contributed by atoms with E-state index in [2.05, 4.69) is 34.1 Å². The molecule has 2 aromatic rings. The number of hydrogen-bond acceptors (Lipinski definition) is 1. The summed E-state index contributed by atoms with van der Waals surface area (Å²) in [6.07, 6.45) is 0. The molecule has 2 aromatic carbocycles. The van der Waals surface area contributed by atoms with E-state index in [4.69, 9.17) is 4.74 Å². The molecule has 0 aliphatic heterocycles. The number of methoxy groups -OCH3 is 1. The fourth-order valence-electron chi connectivity index (χ4n) is 1.32. The van der Waals surface area contributed by atoms with Gasteiger partial charge in [-0.3, -0.25) is 0 Å². The van der Waals surface area contributed by atoms with Gasteiger partial charge in [-0.2, -0.15) is 0 Å². The first-order valence-corrected chi connectivity index (χ1v) is 4.82. The van der Waals surface area contributed by atoms with Crippen molar-refractivity contribution in [1.29, 1.82) is 0 Å². The first-order valence-electron chi connectivity index (χ1n) is 4.03. The second-order valence-electron chi connectivity index (χ2n) is 2.86. The van der Waals surface area contributed by atoms with Crippen LogP contribution in [0, 0.1) is 0 Å². The molecule has 0 spiro atoms. The number of halogens is 1. The van der Waals surface area contributed by atoms with Crippen LogP contribution in [0.25, 0.3) is 10.8 Å². The minimum absolute atomic E-state index is 0. The maximum absolute atomic E-state index is 5.14. The van der Waals surface area contributed by atoms with E-state index in [0.717, 1.165) is 10.2 Å². The summed E-state index contributed by atoms with van der Waals surface area (Å²) in [5.41, 5.74) is 0. The summed E-state index contributed by atoms with van der Waals surface area (Å²) in [5.74, 6) is 0.898. The number of fused-ring (bicyclic) bond motifs is 1. The molecular weight excluding hydrogens is 252 g/mol. The van der Waals surface area contributed by atoms with E-state index in [1.807, 2.05) is 18.2 Å². The van der Waals surface area contributed by atoms with Crippen molar-refractivity contribution < 1.29 is 4.74 Å². The molecule has 0 saturated carbocycles. The Hall–Kier alpha value is -0.254.